The lowest BCUT2D eigenvalue weighted by Crippen LogP contribution is -2.30. The molecule has 4 aromatic rings. The Hall–Kier alpha value is -5.24. The highest BCUT2D eigenvalue weighted by Gasteiger charge is 2.25. The highest BCUT2D eigenvalue weighted by atomic mass is 32.2. The second-order valence-electron chi connectivity index (χ2n) is 8.88. The van der Waals surface area contributed by atoms with Crippen LogP contribution in [0.5, 0.6) is 0 Å². The summed E-state index contributed by atoms with van der Waals surface area (Å²) in [6, 6.07) is 19.0. The molecule has 0 fully saturated rings. The second-order valence-corrected chi connectivity index (χ2v) is 10.6. The first-order chi connectivity index (χ1) is 19.4. The molecule has 1 aromatic heterocycles. The summed E-state index contributed by atoms with van der Waals surface area (Å²) in [7, 11) is -2.71. The molecule has 4 rings (SSSR count). The lowest BCUT2D eigenvalue weighted by atomic mass is 10.2. The lowest BCUT2D eigenvalue weighted by Gasteiger charge is -2.14. The molecular formula is C27H25N5O8S. The molecule has 0 aliphatic carbocycles. The highest BCUT2D eigenvalue weighted by Crippen LogP contribution is 2.24. The first-order valence-corrected chi connectivity index (χ1v) is 13.6. The van der Waals surface area contributed by atoms with Crippen LogP contribution in [0.3, 0.4) is 0 Å². The number of para-hydroxylation sites is 3. The Morgan fingerprint density at radius 1 is 1.00 bits per heavy atom. The molecule has 0 bridgehead atoms. The van der Waals surface area contributed by atoms with Crippen LogP contribution in [0, 0.1) is 17.0 Å². The molecule has 1 heterocycles. The monoisotopic (exact) mass is 579 g/mol. The van der Waals surface area contributed by atoms with Crippen molar-refractivity contribution in [3.8, 4) is 5.69 Å². The predicted octanol–water partition coefficient (Wildman–Crippen LogP) is 3.38. The molecule has 0 spiro atoms. The molecule has 14 heteroatoms. The summed E-state index contributed by atoms with van der Waals surface area (Å²) in [5, 5.41) is 13.5. The first kappa shape index (κ1) is 28.8. The maximum absolute atomic E-state index is 13.2. The van der Waals surface area contributed by atoms with Crippen molar-refractivity contribution >= 4 is 39.0 Å². The quantitative estimate of drug-likeness (QED) is 0.173. The fourth-order valence-corrected chi connectivity index (χ4v) is 5.09. The molecule has 1 atom stereocenters. The van der Waals surface area contributed by atoms with Gasteiger partial charge < -0.3 is 10.1 Å². The van der Waals surface area contributed by atoms with Gasteiger partial charge in [0.25, 0.3) is 27.2 Å². The van der Waals surface area contributed by atoms with E-state index in [4.69, 9.17) is 4.74 Å². The van der Waals surface area contributed by atoms with Crippen LogP contribution >= 0.6 is 0 Å². The van der Waals surface area contributed by atoms with Crippen LogP contribution in [-0.2, 0) is 26.6 Å². The van der Waals surface area contributed by atoms with E-state index in [2.05, 4.69) is 10.0 Å². The molecule has 41 heavy (non-hydrogen) atoms. The Labute approximate surface area is 234 Å². The van der Waals surface area contributed by atoms with Crippen molar-refractivity contribution in [2.45, 2.75) is 24.8 Å². The van der Waals surface area contributed by atoms with Gasteiger partial charge in [-0.3, -0.25) is 29.1 Å². The van der Waals surface area contributed by atoms with E-state index in [1.54, 1.807) is 44.3 Å². The van der Waals surface area contributed by atoms with Gasteiger partial charge in [0.15, 0.2) is 6.10 Å². The van der Waals surface area contributed by atoms with Crippen LogP contribution in [0.4, 0.5) is 17.1 Å². The van der Waals surface area contributed by atoms with Crippen LogP contribution in [0.25, 0.3) is 5.69 Å². The van der Waals surface area contributed by atoms with Gasteiger partial charge in [0, 0.05) is 13.1 Å². The molecule has 0 saturated carbocycles. The van der Waals surface area contributed by atoms with Crippen LogP contribution in [-0.4, -0.2) is 40.7 Å². The number of nitrogens with one attached hydrogen (secondary N) is 2. The van der Waals surface area contributed by atoms with E-state index in [1.807, 2.05) is 0 Å². The van der Waals surface area contributed by atoms with Crippen molar-refractivity contribution in [2.24, 2.45) is 7.05 Å². The zero-order chi connectivity index (χ0) is 29.9. The van der Waals surface area contributed by atoms with E-state index < -0.39 is 38.5 Å². The number of amides is 1. The number of hydrogen-bond donors (Lipinski definition) is 2. The van der Waals surface area contributed by atoms with E-state index in [9.17, 15) is 32.9 Å². The molecule has 13 nitrogen and oxygen atoms in total. The van der Waals surface area contributed by atoms with E-state index in [0.717, 1.165) is 6.07 Å². The minimum absolute atomic E-state index is 0.0768. The van der Waals surface area contributed by atoms with Crippen LogP contribution < -0.4 is 15.6 Å². The molecule has 212 valence electrons. The zero-order valence-electron chi connectivity index (χ0n) is 22.1. The molecule has 3 aromatic carbocycles. The fraction of sp³-hybridized carbons (Fsp3) is 0.148. The smallest absolute Gasteiger partial charge is 0.338 e. The number of hydrogen-bond acceptors (Lipinski definition) is 8. The molecule has 0 saturated heterocycles. The van der Waals surface area contributed by atoms with E-state index in [0.29, 0.717) is 11.4 Å². The number of sulfonamides is 1. The standard InChI is InChI=1S/C27H25N5O8S/c1-17-24(26(34)31(30(17)3)20-11-5-4-6-12-20)29-41(38,39)21-13-9-10-19(16-21)27(35)40-18(2)25(33)28-22-14-7-8-15-23(22)32(36)37/h4-16,18,29H,1-3H3,(H,28,33)/t18-/m0/s1. The Kier molecular flexibility index (Phi) is 8.05. The molecule has 0 aliphatic rings. The number of ether oxygens (including phenoxy) is 1. The average Bonchev–Trinajstić information content (AvgIpc) is 3.16. The fourth-order valence-electron chi connectivity index (χ4n) is 3.92. The Morgan fingerprint density at radius 3 is 2.34 bits per heavy atom. The third-order valence-electron chi connectivity index (χ3n) is 6.18. The number of anilines is 2. The SMILES string of the molecule is Cc1c(NS(=O)(=O)c2cccc(C(=O)O[C@@H](C)C(=O)Nc3ccccc3[N+](=O)[O-])c2)c(=O)n(-c2ccccc2)n1C. The number of carbonyl (C=O) groups is 2. The molecule has 0 unspecified atom stereocenters. The van der Waals surface area contributed by atoms with Crippen molar-refractivity contribution in [1.29, 1.82) is 0 Å². The maximum Gasteiger partial charge on any atom is 0.338 e. The number of nitro groups is 1. The van der Waals surface area contributed by atoms with Crippen molar-refractivity contribution in [3.63, 3.8) is 0 Å². The minimum atomic E-state index is -4.33. The second kappa shape index (κ2) is 11.5. The molecule has 1 amide bonds. The average molecular weight is 580 g/mol. The Balaban J connectivity index is 1.52. The topological polar surface area (TPSA) is 172 Å². The van der Waals surface area contributed by atoms with Gasteiger partial charge in [0.2, 0.25) is 0 Å². The summed E-state index contributed by atoms with van der Waals surface area (Å²) in [5.74, 6) is -1.83. The van der Waals surface area contributed by atoms with Gasteiger partial charge in [-0.05, 0) is 50.2 Å². The normalized spacial score (nSPS) is 11.9. The maximum atomic E-state index is 13.2. The van der Waals surface area contributed by atoms with Crippen molar-refractivity contribution in [2.75, 3.05) is 10.0 Å². The van der Waals surface area contributed by atoms with Gasteiger partial charge in [-0.2, -0.15) is 0 Å². The van der Waals surface area contributed by atoms with Crippen LogP contribution in [0.15, 0.2) is 88.6 Å². The first-order valence-electron chi connectivity index (χ1n) is 12.1. The molecule has 0 radical (unpaired) electrons. The van der Waals surface area contributed by atoms with Crippen molar-refractivity contribution in [3.05, 3.63) is 111 Å². The summed E-state index contributed by atoms with van der Waals surface area (Å²) >= 11 is 0. The Bertz CT molecular complexity index is 1810. The van der Waals surface area contributed by atoms with Crippen molar-refractivity contribution < 1.29 is 27.7 Å². The van der Waals surface area contributed by atoms with Gasteiger partial charge >= 0.3 is 5.97 Å². The molecular weight excluding hydrogens is 554 g/mol. The number of nitro benzene ring substituents is 1. The summed E-state index contributed by atoms with van der Waals surface area (Å²) in [4.78, 5) is 48.6. The van der Waals surface area contributed by atoms with E-state index in [1.165, 1.54) is 58.8 Å². The predicted molar refractivity (Wildman–Crippen MR) is 150 cm³/mol. The summed E-state index contributed by atoms with van der Waals surface area (Å²) < 4.78 is 36.8. The van der Waals surface area contributed by atoms with Gasteiger partial charge in [-0.15, -0.1) is 0 Å². The molecule has 2 N–H and O–H groups in total. The van der Waals surface area contributed by atoms with Gasteiger partial charge in [0.05, 0.1) is 26.8 Å². The number of esters is 1. The largest absolute Gasteiger partial charge is 0.449 e. The minimum Gasteiger partial charge on any atom is -0.449 e. The summed E-state index contributed by atoms with van der Waals surface area (Å²) in [6.07, 6.45) is -1.37. The third-order valence-corrected chi connectivity index (χ3v) is 7.53. The number of rotatable bonds is 9. The Morgan fingerprint density at radius 2 is 1.66 bits per heavy atom. The number of benzene rings is 3. The number of aromatic nitrogens is 2. The lowest BCUT2D eigenvalue weighted by molar-refractivity contribution is -0.383. The third kappa shape index (κ3) is 6.01. The molecule has 0 aliphatic heterocycles. The van der Waals surface area contributed by atoms with Crippen LogP contribution in [0.1, 0.15) is 23.0 Å². The van der Waals surface area contributed by atoms with Gasteiger partial charge in [-0.1, -0.05) is 36.4 Å². The summed E-state index contributed by atoms with van der Waals surface area (Å²) in [5.41, 5.74) is -0.445. The summed E-state index contributed by atoms with van der Waals surface area (Å²) in [6.45, 7) is 2.85. The highest BCUT2D eigenvalue weighted by molar-refractivity contribution is 7.92. The van der Waals surface area contributed by atoms with Gasteiger partial charge in [0.1, 0.15) is 11.4 Å². The van der Waals surface area contributed by atoms with Crippen LogP contribution in [0.2, 0.25) is 0 Å². The van der Waals surface area contributed by atoms with Crippen molar-refractivity contribution in [1.82, 2.24) is 9.36 Å². The zero-order valence-corrected chi connectivity index (χ0v) is 22.9. The van der Waals surface area contributed by atoms with Gasteiger partial charge in [-0.25, -0.2) is 17.9 Å². The van der Waals surface area contributed by atoms with E-state index >= 15 is 0 Å². The van der Waals surface area contributed by atoms with E-state index in [-0.39, 0.29) is 27.5 Å². The number of carbonyl (C=O) groups excluding carboxylic acids is 2. The number of nitrogens with zero attached hydrogens (tertiary/aromatic N) is 3.